The maximum Gasteiger partial charge on any atom is 0.243 e. The van der Waals surface area contributed by atoms with Crippen molar-refractivity contribution in [2.45, 2.75) is 24.3 Å². The van der Waals surface area contributed by atoms with Gasteiger partial charge in [0, 0.05) is 6.54 Å². The summed E-state index contributed by atoms with van der Waals surface area (Å²) in [6.45, 7) is 1.80. The van der Waals surface area contributed by atoms with Gasteiger partial charge in [-0.3, -0.25) is 4.79 Å². The molecule has 0 fully saturated rings. The number of amides is 1. The molecular formula is C25H28N2O4S. The molecule has 0 radical (unpaired) electrons. The Hall–Kier alpha value is -3.16. The molecule has 1 amide bonds. The predicted octanol–water partition coefficient (Wildman–Crippen LogP) is 3.81. The van der Waals surface area contributed by atoms with Crippen LogP contribution in [0.2, 0.25) is 0 Å². The van der Waals surface area contributed by atoms with Gasteiger partial charge in [0.15, 0.2) is 0 Å². The predicted molar refractivity (Wildman–Crippen MR) is 125 cm³/mol. The number of sulfonamides is 1. The zero-order valence-electron chi connectivity index (χ0n) is 18.3. The number of hydrogen-bond acceptors (Lipinski definition) is 4. The van der Waals surface area contributed by atoms with Crippen LogP contribution in [0, 0.1) is 0 Å². The summed E-state index contributed by atoms with van der Waals surface area (Å²) in [5.41, 5.74) is 1.91. The minimum absolute atomic E-state index is 0.170. The molecule has 3 aromatic rings. The molecule has 0 bridgehead atoms. The zero-order valence-corrected chi connectivity index (χ0v) is 19.1. The molecule has 0 saturated carbocycles. The highest BCUT2D eigenvalue weighted by Gasteiger charge is 2.26. The summed E-state index contributed by atoms with van der Waals surface area (Å²) < 4.78 is 32.9. The minimum atomic E-state index is -3.82. The van der Waals surface area contributed by atoms with Crippen LogP contribution in [0.15, 0.2) is 89.8 Å². The number of nitrogens with zero attached hydrogens (tertiary/aromatic N) is 1. The van der Waals surface area contributed by atoms with Crippen molar-refractivity contribution in [1.82, 2.24) is 9.62 Å². The molecule has 0 aliphatic carbocycles. The average Bonchev–Trinajstić information content (AvgIpc) is 2.82. The van der Waals surface area contributed by atoms with E-state index in [1.54, 1.807) is 37.4 Å². The van der Waals surface area contributed by atoms with Crippen LogP contribution >= 0.6 is 0 Å². The summed E-state index contributed by atoms with van der Waals surface area (Å²) in [6.07, 6.45) is 0.508. The molecule has 168 valence electrons. The third-order valence-corrected chi connectivity index (χ3v) is 7.05. The standard InChI is InChI=1S/C25H28N2O4S/c1-20(22-13-15-23(31-2)16-14-22)26-25(28)19-27(18-17-21-9-5-3-6-10-21)32(29,30)24-11-7-4-8-12-24/h3-16,20H,17-19H2,1-2H3,(H,26,28)/t20-/m0/s1. The molecule has 1 atom stereocenters. The number of methoxy groups -OCH3 is 1. The van der Waals surface area contributed by atoms with Gasteiger partial charge in [0.25, 0.3) is 0 Å². The highest BCUT2D eigenvalue weighted by atomic mass is 32.2. The molecule has 0 aliphatic heterocycles. The second-order valence-corrected chi connectivity index (χ2v) is 9.39. The number of benzene rings is 3. The first kappa shape index (κ1) is 23.5. The topological polar surface area (TPSA) is 75.7 Å². The Morgan fingerprint density at radius 2 is 1.53 bits per heavy atom. The second kappa shape index (κ2) is 10.9. The molecule has 0 aromatic heterocycles. The van der Waals surface area contributed by atoms with Crippen molar-refractivity contribution in [2.24, 2.45) is 0 Å². The van der Waals surface area contributed by atoms with E-state index in [2.05, 4.69) is 5.32 Å². The molecule has 3 rings (SSSR count). The quantitative estimate of drug-likeness (QED) is 0.508. The van der Waals surface area contributed by atoms with Gasteiger partial charge < -0.3 is 10.1 Å². The summed E-state index contributed by atoms with van der Waals surface area (Å²) in [5.74, 6) is 0.370. The monoisotopic (exact) mass is 452 g/mol. The van der Waals surface area contributed by atoms with Gasteiger partial charge in [-0.25, -0.2) is 8.42 Å². The third-order valence-electron chi connectivity index (χ3n) is 5.19. The van der Waals surface area contributed by atoms with Gasteiger partial charge in [-0.05, 0) is 48.7 Å². The van der Waals surface area contributed by atoms with E-state index >= 15 is 0 Å². The molecule has 0 heterocycles. The molecule has 32 heavy (non-hydrogen) atoms. The van der Waals surface area contributed by atoms with E-state index in [9.17, 15) is 13.2 Å². The van der Waals surface area contributed by atoms with Crippen molar-refractivity contribution >= 4 is 15.9 Å². The van der Waals surface area contributed by atoms with Crippen LogP contribution in [0.4, 0.5) is 0 Å². The largest absolute Gasteiger partial charge is 0.497 e. The normalized spacial score (nSPS) is 12.3. The van der Waals surface area contributed by atoms with Gasteiger partial charge in [0.05, 0.1) is 24.6 Å². The summed E-state index contributed by atoms with van der Waals surface area (Å²) >= 11 is 0. The first-order chi connectivity index (χ1) is 15.4. The van der Waals surface area contributed by atoms with Gasteiger partial charge in [0.1, 0.15) is 5.75 Å². The van der Waals surface area contributed by atoms with Crippen molar-refractivity contribution < 1.29 is 17.9 Å². The molecule has 0 saturated heterocycles. The molecule has 0 unspecified atom stereocenters. The number of rotatable bonds is 10. The van der Waals surface area contributed by atoms with E-state index in [0.29, 0.717) is 6.42 Å². The average molecular weight is 453 g/mol. The molecule has 0 aliphatic rings. The van der Waals surface area contributed by atoms with Crippen molar-refractivity contribution in [3.8, 4) is 5.75 Å². The highest BCUT2D eigenvalue weighted by Crippen LogP contribution is 2.19. The smallest absolute Gasteiger partial charge is 0.243 e. The van der Waals surface area contributed by atoms with E-state index < -0.39 is 10.0 Å². The van der Waals surface area contributed by atoms with Gasteiger partial charge >= 0.3 is 0 Å². The number of ether oxygens (including phenoxy) is 1. The van der Waals surface area contributed by atoms with Crippen LogP contribution < -0.4 is 10.1 Å². The van der Waals surface area contributed by atoms with Crippen molar-refractivity contribution in [3.05, 3.63) is 96.1 Å². The first-order valence-electron chi connectivity index (χ1n) is 10.4. The SMILES string of the molecule is COc1ccc([C@H](C)NC(=O)CN(CCc2ccccc2)S(=O)(=O)c2ccccc2)cc1. The van der Waals surface area contributed by atoms with Gasteiger partial charge in [-0.15, -0.1) is 0 Å². The third kappa shape index (κ3) is 6.18. The van der Waals surface area contributed by atoms with Crippen LogP contribution in [-0.2, 0) is 21.2 Å². The van der Waals surface area contributed by atoms with E-state index in [1.165, 1.54) is 4.31 Å². The van der Waals surface area contributed by atoms with E-state index in [1.807, 2.05) is 61.5 Å². The van der Waals surface area contributed by atoms with E-state index in [-0.39, 0.29) is 29.9 Å². The Bertz CT molecular complexity index is 1100. The van der Waals surface area contributed by atoms with Gasteiger partial charge in [0.2, 0.25) is 15.9 Å². The zero-order chi connectivity index (χ0) is 23.0. The number of carbonyl (C=O) groups excluding carboxylic acids is 1. The lowest BCUT2D eigenvalue weighted by Gasteiger charge is -2.23. The summed E-state index contributed by atoms with van der Waals surface area (Å²) in [7, 11) is -2.23. The number of carbonyl (C=O) groups is 1. The highest BCUT2D eigenvalue weighted by molar-refractivity contribution is 7.89. The van der Waals surface area contributed by atoms with Gasteiger partial charge in [-0.2, -0.15) is 4.31 Å². The fourth-order valence-corrected chi connectivity index (χ4v) is 4.77. The van der Waals surface area contributed by atoms with Crippen molar-refractivity contribution in [1.29, 1.82) is 0 Å². The Balaban J connectivity index is 1.74. The maximum absolute atomic E-state index is 13.2. The fraction of sp³-hybridized carbons (Fsp3) is 0.240. The molecule has 7 heteroatoms. The van der Waals surface area contributed by atoms with Gasteiger partial charge in [-0.1, -0.05) is 60.7 Å². The Morgan fingerprint density at radius 1 is 0.938 bits per heavy atom. The second-order valence-electron chi connectivity index (χ2n) is 7.45. The van der Waals surface area contributed by atoms with Crippen LogP contribution in [0.25, 0.3) is 0 Å². The minimum Gasteiger partial charge on any atom is -0.497 e. The van der Waals surface area contributed by atoms with Crippen LogP contribution in [0.5, 0.6) is 5.75 Å². The number of nitrogens with one attached hydrogen (secondary N) is 1. The van der Waals surface area contributed by atoms with Crippen LogP contribution in [-0.4, -0.2) is 38.8 Å². The Kier molecular flexibility index (Phi) is 8.03. The summed E-state index contributed by atoms with van der Waals surface area (Å²) in [4.78, 5) is 13.0. The molecule has 6 nitrogen and oxygen atoms in total. The van der Waals surface area contributed by atoms with Crippen LogP contribution in [0.3, 0.4) is 0 Å². The first-order valence-corrected chi connectivity index (χ1v) is 11.9. The van der Waals surface area contributed by atoms with Crippen molar-refractivity contribution in [2.75, 3.05) is 20.2 Å². The summed E-state index contributed by atoms with van der Waals surface area (Å²) in [6, 6.07) is 24.9. The number of hydrogen-bond donors (Lipinski definition) is 1. The van der Waals surface area contributed by atoms with Crippen LogP contribution in [0.1, 0.15) is 24.1 Å². The molecule has 0 spiro atoms. The fourth-order valence-electron chi connectivity index (χ4n) is 3.35. The maximum atomic E-state index is 13.2. The summed E-state index contributed by atoms with van der Waals surface area (Å²) in [5, 5.41) is 2.90. The van der Waals surface area contributed by atoms with Crippen molar-refractivity contribution in [3.63, 3.8) is 0 Å². The molecule has 1 N–H and O–H groups in total. The molecular weight excluding hydrogens is 424 g/mol. The Morgan fingerprint density at radius 3 is 2.12 bits per heavy atom. The Labute approximate surface area is 189 Å². The van der Waals surface area contributed by atoms with E-state index in [0.717, 1.165) is 16.9 Å². The lowest BCUT2D eigenvalue weighted by Crippen LogP contribution is -2.42. The molecule has 3 aromatic carbocycles. The lowest BCUT2D eigenvalue weighted by atomic mass is 10.1. The lowest BCUT2D eigenvalue weighted by molar-refractivity contribution is -0.121. The van der Waals surface area contributed by atoms with E-state index in [4.69, 9.17) is 4.74 Å².